The monoisotopic (exact) mass is 216 g/mol. The quantitative estimate of drug-likeness (QED) is 0.713. The number of nitrogens with zero attached hydrogens (tertiary/aromatic N) is 2. The van der Waals surface area contributed by atoms with Crippen molar-refractivity contribution >= 4 is 12.6 Å². The average Bonchev–Trinajstić information content (AvgIpc) is 2.18. The maximum absolute atomic E-state index is 4.33. The second-order valence-electron chi connectivity index (χ2n) is 4.76. The summed E-state index contributed by atoms with van der Waals surface area (Å²) in [6, 6.07) is 0.800. The minimum Gasteiger partial charge on any atom is -0.306 e. The third-order valence-corrected chi connectivity index (χ3v) is 3.85. The first kappa shape index (κ1) is 12.3. The first-order chi connectivity index (χ1) is 6.63. The van der Waals surface area contributed by atoms with Crippen LogP contribution in [0.2, 0.25) is 0 Å². The maximum atomic E-state index is 4.33. The summed E-state index contributed by atoms with van der Waals surface area (Å²) in [5.74, 6) is 1.71. The van der Waals surface area contributed by atoms with Crippen molar-refractivity contribution in [2.24, 2.45) is 5.92 Å². The standard InChI is InChI=1S/C11H24N2S/c1-10(9-14)8-13(3)11-4-6-12(2)7-5-11/h10-11,14H,4-9H2,1-3H3. The third kappa shape index (κ3) is 3.79. The van der Waals surface area contributed by atoms with Gasteiger partial charge in [0.05, 0.1) is 0 Å². The fourth-order valence-corrected chi connectivity index (χ4v) is 2.25. The first-order valence-corrected chi connectivity index (χ1v) is 6.26. The van der Waals surface area contributed by atoms with E-state index in [2.05, 4.69) is 43.4 Å². The van der Waals surface area contributed by atoms with E-state index in [4.69, 9.17) is 0 Å². The van der Waals surface area contributed by atoms with Crippen molar-refractivity contribution in [1.29, 1.82) is 0 Å². The van der Waals surface area contributed by atoms with Crippen molar-refractivity contribution in [1.82, 2.24) is 9.80 Å². The Morgan fingerprint density at radius 3 is 2.50 bits per heavy atom. The fourth-order valence-electron chi connectivity index (χ4n) is 2.13. The number of thiol groups is 1. The molecular formula is C11H24N2S. The average molecular weight is 216 g/mol. The number of hydrogen-bond acceptors (Lipinski definition) is 3. The molecule has 1 rings (SSSR count). The van der Waals surface area contributed by atoms with Crippen molar-refractivity contribution < 1.29 is 0 Å². The van der Waals surface area contributed by atoms with Crippen LogP contribution in [0.5, 0.6) is 0 Å². The highest BCUT2D eigenvalue weighted by Gasteiger charge is 2.20. The predicted molar refractivity (Wildman–Crippen MR) is 66.2 cm³/mol. The van der Waals surface area contributed by atoms with Crippen molar-refractivity contribution in [3.8, 4) is 0 Å². The molecule has 0 saturated carbocycles. The largest absolute Gasteiger partial charge is 0.306 e. The van der Waals surface area contributed by atoms with E-state index in [0.29, 0.717) is 5.92 Å². The highest BCUT2D eigenvalue weighted by atomic mass is 32.1. The Labute approximate surface area is 94.1 Å². The van der Waals surface area contributed by atoms with E-state index in [1.165, 1.54) is 32.5 Å². The lowest BCUT2D eigenvalue weighted by molar-refractivity contribution is 0.134. The van der Waals surface area contributed by atoms with Crippen LogP contribution < -0.4 is 0 Å². The first-order valence-electron chi connectivity index (χ1n) is 5.63. The molecule has 0 N–H and O–H groups in total. The maximum Gasteiger partial charge on any atom is 0.0117 e. The lowest BCUT2D eigenvalue weighted by atomic mass is 10.0. The molecule has 1 aliphatic heterocycles. The summed E-state index contributed by atoms with van der Waals surface area (Å²) in [7, 11) is 4.47. The molecule has 0 spiro atoms. The van der Waals surface area contributed by atoms with Crippen LogP contribution in [0, 0.1) is 5.92 Å². The minimum absolute atomic E-state index is 0.711. The van der Waals surface area contributed by atoms with E-state index < -0.39 is 0 Å². The van der Waals surface area contributed by atoms with E-state index in [1.54, 1.807) is 0 Å². The molecule has 84 valence electrons. The van der Waals surface area contributed by atoms with Crippen LogP contribution in [0.15, 0.2) is 0 Å². The molecule has 1 atom stereocenters. The SMILES string of the molecule is CC(CS)CN(C)C1CCN(C)CC1. The normalized spacial score (nSPS) is 22.9. The van der Waals surface area contributed by atoms with Crippen LogP contribution in [-0.2, 0) is 0 Å². The smallest absolute Gasteiger partial charge is 0.0117 e. The topological polar surface area (TPSA) is 6.48 Å². The second kappa shape index (κ2) is 5.99. The molecule has 1 heterocycles. The summed E-state index contributed by atoms with van der Waals surface area (Å²) in [5, 5.41) is 0. The van der Waals surface area contributed by atoms with E-state index in [9.17, 15) is 0 Å². The molecule has 0 bridgehead atoms. The molecule has 0 amide bonds. The second-order valence-corrected chi connectivity index (χ2v) is 5.13. The summed E-state index contributed by atoms with van der Waals surface area (Å²) in [6.45, 7) is 5.98. The Morgan fingerprint density at radius 2 is 2.00 bits per heavy atom. The molecule has 0 aromatic rings. The lowest BCUT2D eigenvalue weighted by Crippen LogP contribution is -2.43. The molecule has 0 aliphatic carbocycles. The highest BCUT2D eigenvalue weighted by Crippen LogP contribution is 2.15. The molecule has 0 aromatic carbocycles. The zero-order valence-electron chi connectivity index (χ0n) is 9.74. The van der Waals surface area contributed by atoms with E-state index >= 15 is 0 Å². The van der Waals surface area contributed by atoms with Crippen LogP contribution in [0.25, 0.3) is 0 Å². The van der Waals surface area contributed by atoms with Gasteiger partial charge in [-0.3, -0.25) is 0 Å². The van der Waals surface area contributed by atoms with Gasteiger partial charge in [0.15, 0.2) is 0 Å². The van der Waals surface area contributed by atoms with Crippen LogP contribution in [-0.4, -0.2) is 55.3 Å². The molecular weight excluding hydrogens is 192 g/mol. The van der Waals surface area contributed by atoms with Gasteiger partial charge < -0.3 is 9.80 Å². The molecule has 3 heteroatoms. The highest BCUT2D eigenvalue weighted by molar-refractivity contribution is 7.80. The Balaban J connectivity index is 2.26. The minimum atomic E-state index is 0.711. The summed E-state index contributed by atoms with van der Waals surface area (Å²) in [5.41, 5.74) is 0. The molecule has 14 heavy (non-hydrogen) atoms. The van der Waals surface area contributed by atoms with Crippen LogP contribution in [0.1, 0.15) is 19.8 Å². The number of piperidine rings is 1. The van der Waals surface area contributed by atoms with Gasteiger partial charge in [-0.2, -0.15) is 12.6 Å². The number of rotatable bonds is 4. The summed E-state index contributed by atoms with van der Waals surface area (Å²) in [6.07, 6.45) is 2.65. The molecule has 1 saturated heterocycles. The molecule has 1 unspecified atom stereocenters. The van der Waals surface area contributed by atoms with Gasteiger partial charge in [-0.05, 0) is 51.7 Å². The third-order valence-electron chi connectivity index (χ3n) is 3.22. The van der Waals surface area contributed by atoms with Gasteiger partial charge >= 0.3 is 0 Å². The van der Waals surface area contributed by atoms with Crippen molar-refractivity contribution in [2.75, 3.05) is 39.5 Å². The molecule has 0 aromatic heterocycles. The van der Waals surface area contributed by atoms with Gasteiger partial charge in [-0.25, -0.2) is 0 Å². The number of hydrogen-bond donors (Lipinski definition) is 1. The van der Waals surface area contributed by atoms with Crippen LogP contribution in [0.3, 0.4) is 0 Å². The Kier molecular flexibility index (Phi) is 5.28. The predicted octanol–water partition coefficient (Wildman–Crippen LogP) is 1.58. The summed E-state index contributed by atoms with van der Waals surface area (Å²) in [4.78, 5) is 4.94. The molecule has 2 nitrogen and oxygen atoms in total. The fraction of sp³-hybridized carbons (Fsp3) is 1.00. The van der Waals surface area contributed by atoms with Crippen molar-refractivity contribution in [3.05, 3.63) is 0 Å². The zero-order chi connectivity index (χ0) is 10.6. The van der Waals surface area contributed by atoms with Gasteiger partial charge in [-0.15, -0.1) is 0 Å². The summed E-state index contributed by atoms with van der Waals surface area (Å²) >= 11 is 4.33. The van der Waals surface area contributed by atoms with E-state index in [-0.39, 0.29) is 0 Å². The molecule has 1 aliphatic rings. The van der Waals surface area contributed by atoms with Crippen LogP contribution in [0.4, 0.5) is 0 Å². The molecule has 0 radical (unpaired) electrons. The van der Waals surface area contributed by atoms with Gasteiger partial charge in [0, 0.05) is 12.6 Å². The van der Waals surface area contributed by atoms with Crippen molar-refractivity contribution in [3.63, 3.8) is 0 Å². The van der Waals surface area contributed by atoms with E-state index in [0.717, 1.165) is 11.8 Å². The number of likely N-dealkylation sites (tertiary alicyclic amines) is 1. The van der Waals surface area contributed by atoms with Gasteiger partial charge in [-0.1, -0.05) is 6.92 Å². The lowest BCUT2D eigenvalue weighted by Gasteiger charge is -2.36. The Bertz CT molecular complexity index is 155. The van der Waals surface area contributed by atoms with Crippen LogP contribution >= 0.6 is 12.6 Å². The Hall–Kier alpha value is 0.270. The summed E-state index contributed by atoms with van der Waals surface area (Å²) < 4.78 is 0. The van der Waals surface area contributed by atoms with Gasteiger partial charge in [0.1, 0.15) is 0 Å². The van der Waals surface area contributed by atoms with E-state index in [1.807, 2.05) is 0 Å². The van der Waals surface area contributed by atoms with Gasteiger partial charge in [0.25, 0.3) is 0 Å². The van der Waals surface area contributed by atoms with Gasteiger partial charge in [0.2, 0.25) is 0 Å². The zero-order valence-corrected chi connectivity index (χ0v) is 10.6. The molecule has 1 fully saturated rings. The van der Waals surface area contributed by atoms with Crippen molar-refractivity contribution in [2.45, 2.75) is 25.8 Å². The Morgan fingerprint density at radius 1 is 1.43 bits per heavy atom.